The van der Waals surface area contributed by atoms with Crippen LogP contribution in [0.2, 0.25) is 0 Å². The predicted octanol–water partition coefficient (Wildman–Crippen LogP) is 2.73. The molecule has 1 saturated heterocycles. The second-order valence-corrected chi connectivity index (χ2v) is 16.1. The highest BCUT2D eigenvalue weighted by molar-refractivity contribution is 6.38. The molecular weight excluding hydrogens is 652 g/mol. The number of amides is 7. The zero-order valence-electron chi connectivity index (χ0n) is 31.0. The van der Waals surface area contributed by atoms with Crippen molar-refractivity contribution in [2.24, 2.45) is 22.7 Å². The summed E-state index contributed by atoms with van der Waals surface area (Å²) >= 11 is 0. The summed E-state index contributed by atoms with van der Waals surface area (Å²) in [6.45, 7) is 17.0. The van der Waals surface area contributed by atoms with E-state index >= 15 is 0 Å². The lowest BCUT2D eigenvalue weighted by molar-refractivity contribution is -0.144. The number of imide groups is 1. The Balaban J connectivity index is 1.49. The van der Waals surface area contributed by atoms with Gasteiger partial charge in [-0.05, 0) is 47.1 Å². The maximum atomic E-state index is 14.3. The zero-order valence-corrected chi connectivity index (χ0v) is 31.0. The van der Waals surface area contributed by atoms with Crippen molar-refractivity contribution in [3.05, 3.63) is 48.0 Å². The lowest BCUT2D eigenvalue weighted by Gasteiger charge is -2.39. The van der Waals surface area contributed by atoms with Crippen LogP contribution in [0.1, 0.15) is 90.1 Å². The number of Topliss-reactive ketones (excluding diaryl/α,β-unsaturated/α-hetero) is 1. The minimum absolute atomic E-state index is 0.0572. The Labute approximate surface area is 300 Å². The smallest absolute Gasteiger partial charge is 0.315 e. The predicted molar refractivity (Wildman–Crippen MR) is 191 cm³/mol. The summed E-state index contributed by atoms with van der Waals surface area (Å²) in [5.74, 6) is -3.24. The van der Waals surface area contributed by atoms with E-state index in [1.165, 1.54) is 15.9 Å². The second kappa shape index (κ2) is 15.8. The highest BCUT2D eigenvalue weighted by Crippen LogP contribution is 2.50. The first-order chi connectivity index (χ1) is 23.9. The van der Waals surface area contributed by atoms with Gasteiger partial charge in [-0.1, -0.05) is 85.6 Å². The van der Waals surface area contributed by atoms with Crippen LogP contribution in [-0.4, -0.2) is 95.0 Å². The van der Waals surface area contributed by atoms with Gasteiger partial charge in [0.05, 0.1) is 18.5 Å². The fourth-order valence-electron chi connectivity index (χ4n) is 6.82. The lowest BCUT2D eigenvalue weighted by Crippen LogP contribution is -2.62. The third-order valence-electron chi connectivity index (χ3n) is 10.1. The number of nitrogens with zero attached hydrogens (tertiary/aromatic N) is 2. The molecule has 4 rings (SSSR count). The Bertz CT molecular complexity index is 1560. The molecule has 0 bridgehead atoms. The van der Waals surface area contributed by atoms with Crippen molar-refractivity contribution in [1.82, 2.24) is 31.1 Å². The molecule has 2 heterocycles. The molecule has 2 aliphatic heterocycles. The maximum Gasteiger partial charge on any atom is 0.315 e. The Morgan fingerprint density at radius 3 is 2.29 bits per heavy atom. The van der Waals surface area contributed by atoms with Gasteiger partial charge in [0.25, 0.3) is 11.8 Å². The Hall–Kier alpha value is -4.55. The topological polar surface area (TPSA) is 174 Å². The van der Waals surface area contributed by atoms with E-state index in [4.69, 9.17) is 0 Å². The Morgan fingerprint density at radius 1 is 0.980 bits per heavy atom. The molecule has 1 unspecified atom stereocenters. The van der Waals surface area contributed by atoms with Crippen molar-refractivity contribution in [3.63, 3.8) is 0 Å². The summed E-state index contributed by atoms with van der Waals surface area (Å²) in [6, 6.07) is 2.71. The van der Waals surface area contributed by atoms with Gasteiger partial charge in [0.2, 0.25) is 23.5 Å². The van der Waals surface area contributed by atoms with Crippen LogP contribution >= 0.6 is 0 Å². The van der Waals surface area contributed by atoms with Gasteiger partial charge in [0, 0.05) is 25.2 Å². The monoisotopic (exact) mass is 706 g/mol. The number of likely N-dealkylation sites (tertiary alicyclic amines) is 1. The van der Waals surface area contributed by atoms with E-state index < -0.39 is 70.4 Å². The number of nitrogens with one attached hydrogen (secondary N) is 4. The van der Waals surface area contributed by atoms with Crippen LogP contribution in [-0.2, 0) is 30.4 Å². The van der Waals surface area contributed by atoms with Crippen LogP contribution in [0.5, 0.6) is 0 Å². The number of hydrogen-bond acceptors (Lipinski definition) is 7. The number of fused-ring (bicyclic) bond motifs is 2. The van der Waals surface area contributed by atoms with E-state index in [-0.39, 0.29) is 43.7 Å². The number of carbonyl (C=O) groups excluding carboxylic acids is 7. The molecule has 51 heavy (non-hydrogen) atoms. The summed E-state index contributed by atoms with van der Waals surface area (Å²) in [4.78, 5) is 96.3. The lowest BCUT2D eigenvalue weighted by atomic mass is 9.85. The first-order valence-electron chi connectivity index (χ1n) is 17.9. The number of unbranched alkanes of at least 4 members (excludes halogenated alkanes) is 1. The molecular formula is C38H54N6O7. The molecule has 0 spiro atoms. The maximum absolute atomic E-state index is 14.3. The summed E-state index contributed by atoms with van der Waals surface area (Å²) in [7, 11) is 0. The standard InChI is InChI=1S/C38H54N6O7/c1-9-11-16-26(30(46)33(48)39-17-10-2)40-32(47)29-25-18-23(25)20-44(29)35(50)31(38(6,7)8)42-36(51)41-27(37(3,4)5)21-43-28(45)19-22-14-12-13-15-24(22)34(43)49/h10,12-15,23,25-27,29,31H,2,9,11,16-21H2,1,3-8H3,(H,39,48)(H,40,47)(H2,41,42,51)/t23-,25-,26?,27+,29-,31+/m0/s1. The number of benzene rings is 1. The van der Waals surface area contributed by atoms with Crippen molar-refractivity contribution in [2.75, 3.05) is 19.6 Å². The van der Waals surface area contributed by atoms with Gasteiger partial charge in [-0.15, -0.1) is 6.58 Å². The van der Waals surface area contributed by atoms with E-state index in [9.17, 15) is 33.6 Å². The quantitative estimate of drug-likeness (QED) is 0.131. The Morgan fingerprint density at radius 2 is 1.67 bits per heavy atom. The van der Waals surface area contributed by atoms with Gasteiger partial charge in [0.15, 0.2) is 0 Å². The van der Waals surface area contributed by atoms with E-state index in [1.807, 2.05) is 48.5 Å². The van der Waals surface area contributed by atoms with Crippen molar-refractivity contribution in [3.8, 4) is 0 Å². The molecule has 6 atom stereocenters. The van der Waals surface area contributed by atoms with E-state index in [0.29, 0.717) is 24.1 Å². The fraction of sp³-hybridized carbons (Fsp3) is 0.605. The number of hydrogen-bond donors (Lipinski definition) is 4. The molecule has 7 amide bonds. The van der Waals surface area contributed by atoms with E-state index in [1.54, 1.807) is 24.3 Å². The Kier molecular flexibility index (Phi) is 12.1. The van der Waals surface area contributed by atoms with Crippen molar-refractivity contribution in [1.29, 1.82) is 0 Å². The number of piperidine rings is 1. The van der Waals surface area contributed by atoms with Gasteiger partial charge in [-0.25, -0.2) is 4.79 Å². The minimum Gasteiger partial charge on any atom is -0.346 e. The molecule has 13 nitrogen and oxygen atoms in total. The first-order valence-corrected chi connectivity index (χ1v) is 17.9. The van der Waals surface area contributed by atoms with E-state index in [0.717, 1.165) is 12.8 Å². The zero-order chi connectivity index (χ0) is 37.8. The normalized spacial score (nSPS) is 21.4. The second-order valence-electron chi connectivity index (χ2n) is 16.1. The van der Waals surface area contributed by atoms with Crippen LogP contribution in [0.25, 0.3) is 0 Å². The summed E-state index contributed by atoms with van der Waals surface area (Å²) in [6.07, 6.45) is 3.93. The molecule has 1 aliphatic carbocycles. The third-order valence-corrected chi connectivity index (χ3v) is 10.1. The van der Waals surface area contributed by atoms with Gasteiger partial charge >= 0.3 is 6.03 Å². The number of carbonyl (C=O) groups is 7. The van der Waals surface area contributed by atoms with Gasteiger partial charge < -0.3 is 26.2 Å². The molecule has 1 aromatic rings. The number of rotatable bonds is 14. The molecule has 2 fully saturated rings. The van der Waals surface area contributed by atoms with Crippen molar-refractivity contribution >= 4 is 41.4 Å². The van der Waals surface area contributed by atoms with Crippen LogP contribution < -0.4 is 21.3 Å². The fourth-order valence-corrected chi connectivity index (χ4v) is 6.82. The average Bonchev–Trinajstić information content (AvgIpc) is 3.72. The SMILES string of the molecule is C=CCNC(=O)C(=O)C(CCCC)NC(=O)[C@@H]1[C@H]2C[C@H]2CN1C(=O)[C@@H](NC(=O)N[C@H](CN1C(=O)Cc2ccccc2C1=O)C(C)(C)C)C(C)(C)C. The minimum atomic E-state index is -1.04. The molecule has 13 heteroatoms. The highest BCUT2D eigenvalue weighted by Gasteiger charge is 2.58. The molecule has 3 aliphatic rings. The highest BCUT2D eigenvalue weighted by atomic mass is 16.2. The van der Waals surface area contributed by atoms with Gasteiger partial charge in [0.1, 0.15) is 12.1 Å². The molecule has 1 aromatic carbocycles. The van der Waals surface area contributed by atoms with Crippen LogP contribution in [0.15, 0.2) is 36.9 Å². The van der Waals surface area contributed by atoms with Crippen molar-refractivity contribution < 1.29 is 33.6 Å². The van der Waals surface area contributed by atoms with Gasteiger partial charge in [-0.2, -0.15) is 0 Å². The van der Waals surface area contributed by atoms with Crippen molar-refractivity contribution in [2.45, 2.75) is 105 Å². The number of urea groups is 1. The van der Waals surface area contributed by atoms with Crippen LogP contribution in [0.4, 0.5) is 4.79 Å². The summed E-state index contributed by atoms with van der Waals surface area (Å²) < 4.78 is 0. The third kappa shape index (κ3) is 9.22. The largest absolute Gasteiger partial charge is 0.346 e. The molecule has 0 aromatic heterocycles. The molecule has 4 N–H and O–H groups in total. The van der Waals surface area contributed by atoms with Crippen LogP contribution in [0.3, 0.4) is 0 Å². The number of ketones is 1. The van der Waals surface area contributed by atoms with Gasteiger partial charge in [-0.3, -0.25) is 33.7 Å². The average molecular weight is 707 g/mol. The van der Waals surface area contributed by atoms with Crippen LogP contribution in [0, 0.1) is 22.7 Å². The molecule has 278 valence electrons. The summed E-state index contributed by atoms with van der Waals surface area (Å²) in [5, 5.41) is 11.0. The van der Waals surface area contributed by atoms with E-state index in [2.05, 4.69) is 27.8 Å². The first kappa shape index (κ1) is 39.2. The molecule has 1 saturated carbocycles. The molecule has 0 radical (unpaired) electrons. The summed E-state index contributed by atoms with van der Waals surface area (Å²) in [5.41, 5.74) is -0.238.